The molecule has 0 aromatic carbocycles. The predicted molar refractivity (Wildman–Crippen MR) is 129 cm³/mol. The number of hydrogen-bond donors (Lipinski definition) is 1. The summed E-state index contributed by atoms with van der Waals surface area (Å²) in [5.74, 6) is 1.81. The number of imidazole rings is 1. The Bertz CT molecular complexity index is 1180. The number of fused-ring (bicyclic) bond motifs is 5. The lowest BCUT2D eigenvalue weighted by Crippen LogP contribution is -2.08. The van der Waals surface area contributed by atoms with E-state index in [0.29, 0.717) is 12.0 Å². The number of rotatable bonds is 3. The predicted octanol–water partition coefficient (Wildman–Crippen LogP) is 6.58. The molecule has 2 bridgehead atoms. The summed E-state index contributed by atoms with van der Waals surface area (Å²) < 4.78 is 2.47. The van der Waals surface area contributed by atoms with Crippen LogP contribution in [0.15, 0.2) is 48.9 Å². The highest BCUT2D eigenvalue weighted by Gasteiger charge is 2.41. The summed E-state index contributed by atoms with van der Waals surface area (Å²) in [4.78, 5) is 14.4. The van der Waals surface area contributed by atoms with Gasteiger partial charge in [0.25, 0.3) is 0 Å². The van der Waals surface area contributed by atoms with Crippen molar-refractivity contribution in [2.75, 3.05) is 0 Å². The third-order valence-electron chi connectivity index (χ3n) is 6.03. The molecular formula is C26H32N6. The van der Waals surface area contributed by atoms with Gasteiger partial charge in [0.1, 0.15) is 11.5 Å². The van der Waals surface area contributed by atoms with Gasteiger partial charge in [-0.2, -0.15) is 5.10 Å². The number of pyridine rings is 2. The van der Waals surface area contributed by atoms with Gasteiger partial charge in [-0.25, -0.2) is 4.98 Å². The number of aromatic nitrogens is 6. The van der Waals surface area contributed by atoms with Crippen LogP contribution in [0.25, 0.3) is 33.9 Å². The molecule has 6 nitrogen and oxygen atoms in total. The molecular weight excluding hydrogens is 396 g/mol. The van der Waals surface area contributed by atoms with Gasteiger partial charge in [0.2, 0.25) is 0 Å². The van der Waals surface area contributed by atoms with Crippen molar-refractivity contribution in [1.29, 1.82) is 0 Å². The van der Waals surface area contributed by atoms with Crippen molar-refractivity contribution in [3.05, 3.63) is 60.4 Å². The second kappa shape index (κ2) is 9.47. The number of H-pyrrole nitrogens is 1. The smallest absolute Gasteiger partial charge is 0.115 e. The second-order valence-electron chi connectivity index (χ2n) is 7.78. The largest absolute Gasteiger partial charge is 0.324 e. The van der Waals surface area contributed by atoms with E-state index in [1.54, 1.807) is 6.20 Å². The highest BCUT2D eigenvalue weighted by atomic mass is 15.2. The Hall–Kier alpha value is -3.28. The van der Waals surface area contributed by atoms with E-state index in [-0.39, 0.29) is 0 Å². The van der Waals surface area contributed by atoms with Crippen LogP contribution in [0.5, 0.6) is 0 Å². The maximum absolute atomic E-state index is 5.12. The number of aryl methyl sites for hydroxylation is 1. The Morgan fingerprint density at radius 3 is 2.56 bits per heavy atom. The number of hydrogen-bond acceptors (Lipinski definition) is 4. The van der Waals surface area contributed by atoms with Crippen LogP contribution in [0.3, 0.4) is 0 Å². The average Bonchev–Trinajstić information content (AvgIpc) is 3.64. The van der Waals surface area contributed by atoms with Gasteiger partial charge >= 0.3 is 0 Å². The molecule has 1 N–H and O–H groups in total. The Labute approximate surface area is 190 Å². The van der Waals surface area contributed by atoms with Crippen molar-refractivity contribution in [2.45, 2.75) is 65.8 Å². The third-order valence-corrected chi connectivity index (χ3v) is 6.03. The zero-order chi connectivity index (χ0) is 22.7. The molecule has 0 radical (unpaired) electrons. The first-order chi connectivity index (χ1) is 15.8. The molecule has 6 heteroatoms. The van der Waals surface area contributed by atoms with Crippen molar-refractivity contribution >= 4 is 0 Å². The Morgan fingerprint density at radius 1 is 0.969 bits per heavy atom. The summed E-state index contributed by atoms with van der Waals surface area (Å²) in [7, 11) is 0. The fourth-order valence-electron chi connectivity index (χ4n) is 4.79. The summed E-state index contributed by atoms with van der Waals surface area (Å²) in [6, 6.07) is 10.9. The van der Waals surface area contributed by atoms with Crippen molar-refractivity contribution < 1.29 is 0 Å². The Kier molecular flexibility index (Phi) is 6.49. The lowest BCUT2D eigenvalue weighted by molar-refractivity contribution is 0.530. The standard InChI is InChI=1S/C22H20N6.2C2H6/c1-13-3-2-4-18(26-13)20-21(28-17-6-5-15(9-17)22(28)27-20)14-7-8-23-19(10-14)16-11-24-25-12-16;2*1-2/h2-4,7-8,10-12,15,17H,5-6,9H2,1H3,(H,24,25);2*1-2H3. The first-order valence-corrected chi connectivity index (χ1v) is 11.8. The van der Waals surface area contributed by atoms with Crippen LogP contribution in [-0.2, 0) is 0 Å². The van der Waals surface area contributed by atoms with Gasteiger partial charge in [0.15, 0.2) is 0 Å². The van der Waals surface area contributed by atoms with Crippen molar-refractivity contribution in [3.8, 4) is 33.9 Å². The summed E-state index contributed by atoms with van der Waals surface area (Å²) >= 11 is 0. The van der Waals surface area contributed by atoms with E-state index in [0.717, 1.165) is 33.9 Å². The van der Waals surface area contributed by atoms with Gasteiger partial charge in [0.05, 0.1) is 23.3 Å². The summed E-state index contributed by atoms with van der Waals surface area (Å²) in [6.07, 6.45) is 9.25. The minimum atomic E-state index is 0.548. The minimum absolute atomic E-state index is 0.548. The topological polar surface area (TPSA) is 72.3 Å². The van der Waals surface area contributed by atoms with E-state index in [1.165, 1.54) is 30.8 Å². The van der Waals surface area contributed by atoms with Crippen molar-refractivity contribution in [1.82, 2.24) is 29.7 Å². The van der Waals surface area contributed by atoms with E-state index in [1.807, 2.05) is 53.1 Å². The number of aromatic amines is 1. The molecule has 1 fully saturated rings. The molecule has 1 aliphatic heterocycles. The Morgan fingerprint density at radius 2 is 1.81 bits per heavy atom. The lowest BCUT2D eigenvalue weighted by Gasteiger charge is -2.17. The van der Waals surface area contributed by atoms with Crippen LogP contribution in [0.1, 0.15) is 70.4 Å². The van der Waals surface area contributed by atoms with Crippen LogP contribution in [0, 0.1) is 6.92 Å². The summed E-state index contributed by atoms with van der Waals surface area (Å²) in [5, 5.41) is 6.93. The quantitative estimate of drug-likeness (QED) is 0.400. The first kappa shape index (κ1) is 21.9. The second-order valence-corrected chi connectivity index (χ2v) is 7.78. The van der Waals surface area contributed by atoms with Gasteiger partial charge in [-0.15, -0.1) is 0 Å². The maximum Gasteiger partial charge on any atom is 0.115 e. The molecule has 6 rings (SSSR count). The lowest BCUT2D eigenvalue weighted by atomic mass is 10.1. The molecule has 4 aromatic rings. The summed E-state index contributed by atoms with van der Waals surface area (Å²) in [6.45, 7) is 10.0. The SMILES string of the molecule is CC.CC.Cc1cccc(-c2nc3n(c2-c2ccnc(-c4cn[nH]c4)c2)C2CCC3C2)n1. The highest BCUT2D eigenvalue weighted by molar-refractivity contribution is 5.80. The molecule has 4 aromatic heterocycles. The van der Waals surface area contributed by atoms with E-state index >= 15 is 0 Å². The van der Waals surface area contributed by atoms with Gasteiger partial charge in [0, 0.05) is 41.2 Å². The maximum atomic E-state index is 5.12. The zero-order valence-corrected chi connectivity index (χ0v) is 19.6. The van der Waals surface area contributed by atoms with Crippen molar-refractivity contribution in [2.24, 2.45) is 0 Å². The molecule has 1 aliphatic carbocycles. The molecule has 32 heavy (non-hydrogen) atoms. The van der Waals surface area contributed by atoms with Crippen LogP contribution < -0.4 is 0 Å². The first-order valence-electron chi connectivity index (χ1n) is 11.8. The van der Waals surface area contributed by atoms with Crippen LogP contribution in [0.2, 0.25) is 0 Å². The van der Waals surface area contributed by atoms with Gasteiger partial charge in [-0.1, -0.05) is 33.8 Å². The van der Waals surface area contributed by atoms with Gasteiger partial charge in [-0.05, 0) is 50.5 Å². The fourth-order valence-corrected chi connectivity index (χ4v) is 4.79. The van der Waals surface area contributed by atoms with E-state index < -0.39 is 0 Å². The summed E-state index contributed by atoms with van der Waals surface area (Å²) in [5.41, 5.74) is 7.14. The third kappa shape index (κ3) is 3.74. The van der Waals surface area contributed by atoms with Crippen LogP contribution in [-0.4, -0.2) is 29.7 Å². The average molecular weight is 429 g/mol. The molecule has 0 spiro atoms. The van der Waals surface area contributed by atoms with Crippen LogP contribution in [0.4, 0.5) is 0 Å². The van der Waals surface area contributed by atoms with E-state index in [9.17, 15) is 0 Å². The zero-order valence-electron chi connectivity index (χ0n) is 19.6. The monoisotopic (exact) mass is 428 g/mol. The molecule has 2 atom stereocenters. The molecule has 1 saturated carbocycles. The van der Waals surface area contributed by atoms with Crippen molar-refractivity contribution in [3.63, 3.8) is 0 Å². The minimum Gasteiger partial charge on any atom is -0.324 e. The van der Waals surface area contributed by atoms with Gasteiger partial charge in [-0.3, -0.25) is 15.1 Å². The number of nitrogens with zero attached hydrogens (tertiary/aromatic N) is 5. The van der Waals surface area contributed by atoms with Gasteiger partial charge < -0.3 is 4.57 Å². The molecule has 166 valence electrons. The van der Waals surface area contributed by atoms with Crippen LogP contribution >= 0.6 is 0 Å². The van der Waals surface area contributed by atoms with E-state index in [2.05, 4.69) is 44.0 Å². The molecule has 2 unspecified atom stereocenters. The highest BCUT2D eigenvalue weighted by Crippen LogP contribution is 2.52. The molecule has 0 amide bonds. The molecule has 5 heterocycles. The fraction of sp³-hybridized carbons (Fsp3) is 0.385. The number of nitrogens with one attached hydrogen (secondary N) is 1. The normalized spacial score (nSPS) is 17.8. The van der Waals surface area contributed by atoms with E-state index in [4.69, 9.17) is 9.97 Å². The molecule has 2 aliphatic rings. The Balaban J connectivity index is 0.000000582. The molecule has 0 saturated heterocycles.